The lowest BCUT2D eigenvalue weighted by atomic mass is 9.88. The molecule has 0 aliphatic heterocycles. The SMILES string of the molecule is CCCC[C@@H](CC(O)C[C@H](CCCC)C(=O)N[C@@H](C)C(=O)N[C@@H](C)C(=O)OC)C(=O)N[C@@H](C)C(=O)N[C@@H](C)C(=O)OC. The summed E-state index contributed by atoms with van der Waals surface area (Å²) in [7, 11) is 2.42. The van der Waals surface area contributed by atoms with Gasteiger partial charge in [-0.25, -0.2) is 9.59 Å². The van der Waals surface area contributed by atoms with E-state index < -0.39 is 77.7 Å². The smallest absolute Gasteiger partial charge is 0.328 e. The second-order valence-electron chi connectivity index (χ2n) is 10.8. The fourth-order valence-electron chi connectivity index (χ4n) is 4.31. The molecule has 42 heavy (non-hydrogen) atoms. The first kappa shape index (κ1) is 38.8. The number of rotatable bonds is 20. The number of hydrogen-bond donors (Lipinski definition) is 5. The van der Waals surface area contributed by atoms with Crippen LogP contribution in [0.1, 0.15) is 92.9 Å². The number of amides is 4. The van der Waals surface area contributed by atoms with Crippen LogP contribution in [0.15, 0.2) is 0 Å². The zero-order chi connectivity index (χ0) is 32.4. The van der Waals surface area contributed by atoms with Crippen molar-refractivity contribution in [2.24, 2.45) is 11.8 Å². The van der Waals surface area contributed by atoms with E-state index in [1.54, 1.807) is 0 Å². The van der Waals surface area contributed by atoms with Crippen LogP contribution in [0.3, 0.4) is 0 Å². The number of methoxy groups -OCH3 is 2. The van der Waals surface area contributed by atoms with Gasteiger partial charge in [-0.05, 0) is 53.4 Å². The van der Waals surface area contributed by atoms with Crippen molar-refractivity contribution in [1.82, 2.24) is 21.3 Å². The van der Waals surface area contributed by atoms with E-state index in [1.165, 1.54) is 41.9 Å². The number of aliphatic hydroxyl groups is 1. The maximum atomic E-state index is 13.1. The van der Waals surface area contributed by atoms with E-state index >= 15 is 0 Å². The minimum atomic E-state index is -0.989. The molecule has 0 aromatic carbocycles. The molecule has 0 heterocycles. The first-order chi connectivity index (χ1) is 19.7. The second-order valence-corrected chi connectivity index (χ2v) is 10.8. The van der Waals surface area contributed by atoms with Crippen molar-refractivity contribution in [3.8, 4) is 0 Å². The van der Waals surface area contributed by atoms with Gasteiger partial charge < -0.3 is 35.8 Å². The van der Waals surface area contributed by atoms with Crippen molar-refractivity contribution in [1.29, 1.82) is 0 Å². The Hall–Kier alpha value is -3.22. The number of carbonyl (C=O) groups is 6. The molecule has 242 valence electrons. The van der Waals surface area contributed by atoms with Gasteiger partial charge in [0.25, 0.3) is 0 Å². The molecule has 0 rings (SSSR count). The quantitative estimate of drug-likeness (QED) is 0.127. The van der Waals surface area contributed by atoms with Crippen LogP contribution in [0, 0.1) is 11.8 Å². The highest BCUT2D eigenvalue weighted by molar-refractivity contribution is 5.91. The molecule has 0 aliphatic rings. The van der Waals surface area contributed by atoms with Crippen molar-refractivity contribution in [3.05, 3.63) is 0 Å². The van der Waals surface area contributed by atoms with Crippen molar-refractivity contribution in [2.45, 2.75) is 123 Å². The fourth-order valence-corrected chi connectivity index (χ4v) is 4.31. The second kappa shape index (κ2) is 20.6. The van der Waals surface area contributed by atoms with Crippen LogP contribution in [0.4, 0.5) is 0 Å². The molecule has 0 bridgehead atoms. The normalized spacial score (nSPS) is 15.3. The Bertz CT molecular complexity index is 828. The average Bonchev–Trinajstić information content (AvgIpc) is 2.95. The van der Waals surface area contributed by atoms with E-state index in [1.807, 2.05) is 13.8 Å². The van der Waals surface area contributed by atoms with E-state index in [-0.39, 0.29) is 12.8 Å². The summed E-state index contributed by atoms with van der Waals surface area (Å²) in [6.45, 7) is 9.89. The third kappa shape index (κ3) is 14.6. The Labute approximate surface area is 249 Å². The monoisotopic (exact) mass is 600 g/mol. The summed E-state index contributed by atoms with van der Waals surface area (Å²) < 4.78 is 9.20. The van der Waals surface area contributed by atoms with E-state index in [2.05, 4.69) is 30.7 Å². The number of hydrogen-bond acceptors (Lipinski definition) is 9. The summed E-state index contributed by atoms with van der Waals surface area (Å²) in [4.78, 5) is 74.3. The molecule has 0 unspecified atom stereocenters. The molecule has 0 saturated carbocycles. The lowest BCUT2D eigenvalue weighted by Crippen LogP contribution is -2.51. The van der Waals surface area contributed by atoms with E-state index in [0.717, 1.165) is 25.7 Å². The molecule has 13 heteroatoms. The molecule has 0 aliphatic carbocycles. The molecule has 4 amide bonds. The van der Waals surface area contributed by atoms with Gasteiger partial charge in [0.2, 0.25) is 23.6 Å². The number of esters is 2. The predicted octanol–water partition coefficient (Wildman–Crippen LogP) is 1.11. The van der Waals surface area contributed by atoms with Gasteiger partial charge in [0, 0.05) is 11.8 Å². The summed E-state index contributed by atoms with van der Waals surface area (Å²) in [5.74, 6) is -4.35. The molecule has 0 aromatic heterocycles. The number of carbonyl (C=O) groups excluding carboxylic acids is 6. The molecule has 0 saturated heterocycles. The number of unbranched alkanes of at least 4 members (excludes halogenated alkanes) is 2. The number of nitrogens with one attached hydrogen (secondary N) is 4. The Morgan fingerprint density at radius 1 is 0.571 bits per heavy atom. The molecule has 13 nitrogen and oxygen atoms in total. The summed E-state index contributed by atoms with van der Waals surface area (Å²) in [5, 5.41) is 21.3. The van der Waals surface area contributed by atoms with E-state index in [9.17, 15) is 33.9 Å². The lowest BCUT2D eigenvalue weighted by molar-refractivity contribution is -0.145. The zero-order valence-corrected chi connectivity index (χ0v) is 26.4. The van der Waals surface area contributed by atoms with Crippen LogP contribution in [-0.2, 0) is 38.2 Å². The molecular formula is C29H52N4O9. The zero-order valence-electron chi connectivity index (χ0n) is 26.4. The van der Waals surface area contributed by atoms with Crippen molar-refractivity contribution in [3.63, 3.8) is 0 Å². The summed E-state index contributed by atoms with van der Waals surface area (Å²) in [5.41, 5.74) is 0. The summed E-state index contributed by atoms with van der Waals surface area (Å²) in [6.07, 6.45) is 3.23. The van der Waals surface area contributed by atoms with Crippen molar-refractivity contribution in [2.75, 3.05) is 14.2 Å². The topological polar surface area (TPSA) is 189 Å². The van der Waals surface area contributed by atoms with E-state index in [0.29, 0.717) is 12.8 Å². The van der Waals surface area contributed by atoms with Gasteiger partial charge >= 0.3 is 11.9 Å². The molecular weight excluding hydrogens is 548 g/mol. The molecule has 5 N–H and O–H groups in total. The van der Waals surface area contributed by atoms with Crippen LogP contribution in [-0.4, -0.2) is 85.2 Å². The first-order valence-electron chi connectivity index (χ1n) is 14.8. The average molecular weight is 601 g/mol. The van der Waals surface area contributed by atoms with Crippen LogP contribution in [0.5, 0.6) is 0 Å². The molecule has 6 atom stereocenters. The van der Waals surface area contributed by atoms with Crippen LogP contribution < -0.4 is 21.3 Å². The maximum absolute atomic E-state index is 13.1. The third-order valence-electron chi connectivity index (χ3n) is 7.00. The predicted molar refractivity (Wildman–Crippen MR) is 156 cm³/mol. The Morgan fingerprint density at radius 3 is 1.17 bits per heavy atom. The van der Waals surface area contributed by atoms with Gasteiger partial charge in [-0.15, -0.1) is 0 Å². The van der Waals surface area contributed by atoms with Gasteiger partial charge in [0.15, 0.2) is 0 Å². The van der Waals surface area contributed by atoms with E-state index in [4.69, 9.17) is 0 Å². The van der Waals surface area contributed by atoms with Crippen LogP contribution >= 0.6 is 0 Å². The molecule has 0 aromatic rings. The third-order valence-corrected chi connectivity index (χ3v) is 7.00. The van der Waals surface area contributed by atoms with Crippen molar-refractivity contribution < 1.29 is 43.3 Å². The minimum Gasteiger partial charge on any atom is -0.467 e. The molecule has 0 fully saturated rings. The van der Waals surface area contributed by atoms with Gasteiger partial charge in [0.05, 0.1) is 20.3 Å². The van der Waals surface area contributed by atoms with Crippen LogP contribution in [0.25, 0.3) is 0 Å². The standard InChI is InChI=1S/C29H52N4O9/c1-9-11-13-21(26(37)30-17(3)24(35)32-19(5)28(39)41-7)15-23(34)16-22(14-12-10-2)27(38)31-18(4)25(36)33-20(6)29(40)42-8/h17-23,34H,9-16H2,1-8H3,(H,30,37)(H,31,38)(H,32,35)(H,33,36)/t17-,18-,19-,20-,21-,22-/m0/s1. The van der Waals surface area contributed by atoms with Gasteiger partial charge in [-0.3, -0.25) is 19.2 Å². The largest absolute Gasteiger partial charge is 0.467 e. The summed E-state index contributed by atoms with van der Waals surface area (Å²) in [6, 6.07) is -3.61. The van der Waals surface area contributed by atoms with Gasteiger partial charge in [-0.1, -0.05) is 39.5 Å². The highest BCUT2D eigenvalue weighted by atomic mass is 16.5. The number of aliphatic hydroxyl groups excluding tert-OH is 1. The van der Waals surface area contributed by atoms with Gasteiger partial charge in [-0.2, -0.15) is 0 Å². The minimum absolute atomic E-state index is 0.0846. The fraction of sp³-hybridized carbons (Fsp3) is 0.793. The van der Waals surface area contributed by atoms with Crippen molar-refractivity contribution >= 4 is 35.6 Å². The molecule has 0 spiro atoms. The Balaban J connectivity index is 5.35. The molecule has 0 radical (unpaired) electrons. The van der Waals surface area contributed by atoms with Crippen LogP contribution in [0.2, 0.25) is 0 Å². The summed E-state index contributed by atoms with van der Waals surface area (Å²) >= 11 is 0. The number of ether oxygens (including phenoxy) is 2. The maximum Gasteiger partial charge on any atom is 0.328 e. The lowest BCUT2D eigenvalue weighted by Gasteiger charge is -2.26. The first-order valence-corrected chi connectivity index (χ1v) is 14.8. The Morgan fingerprint density at radius 2 is 0.881 bits per heavy atom. The van der Waals surface area contributed by atoms with Gasteiger partial charge in [0.1, 0.15) is 24.2 Å². The Kier molecular flexibility index (Phi) is 19.0. The highest BCUT2D eigenvalue weighted by Crippen LogP contribution is 2.23. The highest BCUT2D eigenvalue weighted by Gasteiger charge is 2.30.